The van der Waals surface area contributed by atoms with Crippen molar-refractivity contribution in [2.45, 2.75) is 19.6 Å². The number of aromatic nitrogens is 4. The van der Waals surface area contributed by atoms with Crippen LogP contribution in [0.3, 0.4) is 0 Å². The second kappa shape index (κ2) is 8.75. The molecule has 0 radical (unpaired) electrons. The normalized spacial score (nSPS) is 11.3. The van der Waals surface area contributed by atoms with Crippen LogP contribution < -0.4 is 9.46 Å². The van der Waals surface area contributed by atoms with E-state index in [1.165, 1.54) is 24.3 Å². The van der Waals surface area contributed by atoms with Gasteiger partial charge in [-0.15, -0.1) is 10.2 Å². The Labute approximate surface area is 184 Å². The van der Waals surface area contributed by atoms with Crippen LogP contribution in [-0.2, 0) is 15.8 Å². The molecule has 0 saturated carbocycles. The van der Waals surface area contributed by atoms with E-state index in [1.807, 2.05) is 18.4 Å². The fourth-order valence-electron chi connectivity index (χ4n) is 2.95. The summed E-state index contributed by atoms with van der Waals surface area (Å²) in [7, 11) is -3.65. The maximum absolute atomic E-state index is 13.0. The van der Waals surface area contributed by atoms with Crippen molar-refractivity contribution in [1.82, 2.24) is 19.7 Å². The van der Waals surface area contributed by atoms with Gasteiger partial charge in [0.05, 0.1) is 11.4 Å². The predicted molar refractivity (Wildman–Crippen MR) is 118 cm³/mol. The number of ether oxygens (including phenoxy) is 1. The Balaban J connectivity index is 1.39. The van der Waals surface area contributed by atoms with Gasteiger partial charge < -0.3 is 4.74 Å². The fraction of sp³-hybridized carbons (Fsp3) is 0.136. The molecule has 0 aliphatic heterocycles. The Kier molecular flexibility index (Phi) is 5.87. The molecule has 0 saturated heterocycles. The van der Waals surface area contributed by atoms with Gasteiger partial charge in [0.25, 0.3) is 0 Å². The third kappa shape index (κ3) is 5.09. The molecule has 0 spiro atoms. The van der Waals surface area contributed by atoms with E-state index in [2.05, 4.69) is 19.9 Å². The number of hydrogen-bond acceptors (Lipinski definition) is 6. The van der Waals surface area contributed by atoms with E-state index in [9.17, 15) is 12.8 Å². The highest BCUT2D eigenvalue weighted by Crippen LogP contribution is 2.23. The number of halogens is 1. The van der Waals surface area contributed by atoms with Gasteiger partial charge in [0.15, 0.2) is 5.82 Å². The van der Waals surface area contributed by atoms with Crippen molar-refractivity contribution >= 4 is 15.7 Å². The standard InChI is InChI=1S/C22H20FN5O3S/c1-15-16(2)28(14-24-15)21-11-12-22(26-25-21)31-20-9-7-19(8-10-20)27-32(29,30)13-17-3-5-18(23)6-4-17/h3-12,14,27H,13H2,1-2H3. The zero-order valence-electron chi connectivity index (χ0n) is 17.4. The van der Waals surface area contributed by atoms with Crippen molar-refractivity contribution < 1.29 is 17.5 Å². The molecular formula is C22H20FN5O3S. The molecule has 0 fully saturated rings. The number of nitrogens with one attached hydrogen (secondary N) is 1. The molecule has 2 aromatic carbocycles. The first kappa shape index (κ1) is 21.4. The maximum atomic E-state index is 13.0. The summed E-state index contributed by atoms with van der Waals surface area (Å²) in [6.45, 7) is 3.87. The van der Waals surface area contributed by atoms with Crippen LogP contribution in [0, 0.1) is 19.7 Å². The van der Waals surface area contributed by atoms with Gasteiger partial charge in [-0.1, -0.05) is 12.1 Å². The second-order valence-corrected chi connectivity index (χ2v) is 8.85. The molecule has 4 aromatic rings. The van der Waals surface area contributed by atoms with Crippen molar-refractivity contribution in [3.8, 4) is 17.4 Å². The van der Waals surface area contributed by atoms with Gasteiger partial charge in [-0.3, -0.25) is 9.29 Å². The lowest BCUT2D eigenvalue weighted by molar-refractivity contribution is 0.454. The summed E-state index contributed by atoms with van der Waals surface area (Å²) in [4.78, 5) is 4.24. The first-order chi connectivity index (χ1) is 15.3. The predicted octanol–water partition coefficient (Wildman–Crippen LogP) is 4.15. The first-order valence-corrected chi connectivity index (χ1v) is 11.3. The number of aryl methyl sites for hydroxylation is 1. The third-order valence-electron chi connectivity index (χ3n) is 4.74. The minimum atomic E-state index is -3.65. The molecule has 1 N–H and O–H groups in total. The Hall–Kier alpha value is -3.79. The van der Waals surface area contributed by atoms with Crippen LogP contribution in [-0.4, -0.2) is 28.2 Å². The molecule has 164 valence electrons. The monoisotopic (exact) mass is 453 g/mol. The lowest BCUT2D eigenvalue weighted by Crippen LogP contribution is -2.15. The zero-order chi connectivity index (χ0) is 22.7. The Bertz CT molecular complexity index is 1320. The lowest BCUT2D eigenvalue weighted by Gasteiger charge is -2.10. The highest BCUT2D eigenvalue weighted by atomic mass is 32.2. The molecule has 0 bridgehead atoms. The van der Waals surface area contributed by atoms with Crippen LogP contribution >= 0.6 is 0 Å². The average molecular weight is 453 g/mol. The van der Waals surface area contributed by atoms with E-state index in [0.29, 0.717) is 28.7 Å². The summed E-state index contributed by atoms with van der Waals surface area (Å²) in [6, 6.07) is 15.2. The van der Waals surface area contributed by atoms with E-state index in [1.54, 1.807) is 42.7 Å². The van der Waals surface area contributed by atoms with Crippen LogP contribution in [0.4, 0.5) is 10.1 Å². The van der Waals surface area contributed by atoms with E-state index in [4.69, 9.17) is 4.74 Å². The molecule has 2 heterocycles. The number of sulfonamides is 1. The molecule has 10 heteroatoms. The number of nitrogens with zero attached hydrogens (tertiary/aromatic N) is 4. The average Bonchev–Trinajstić information content (AvgIpc) is 3.10. The van der Waals surface area contributed by atoms with Gasteiger partial charge in [-0.05, 0) is 61.9 Å². The van der Waals surface area contributed by atoms with Crippen molar-refractivity contribution in [2.24, 2.45) is 0 Å². The zero-order valence-corrected chi connectivity index (χ0v) is 18.2. The van der Waals surface area contributed by atoms with Gasteiger partial charge in [0.2, 0.25) is 15.9 Å². The van der Waals surface area contributed by atoms with Crippen LogP contribution in [0.1, 0.15) is 17.0 Å². The van der Waals surface area contributed by atoms with Crippen molar-refractivity contribution in [3.05, 3.63) is 89.8 Å². The lowest BCUT2D eigenvalue weighted by atomic mass is 10.2. The molecule has 0 atom stereocenters. The van der Waals surface area contributed by atoms with Crippen LogP contribution in [0.15, 0.2) is 67.0 Å². The SMILES string of the molecule is Cc1ncn(-c2ccc(Oc3ccc(NS(=O)(=O)Cc4ccc(F)cc4)cc3)nn2)c1C. The topological polar surface area (TPSA) is 99.0 Å². The number of rotatable bonds is 7. The van der Waals surface area contributed by atoms with Gasteiger partial charge in [0.1, 0.15) is 17.9 Å². The molecule has 0 unspecified atom stereocenters. The number of anilines is 1. The van der Waals surface area contributed by atoms with Crippen molar-refractivity contribution in [1.29, 1.82) is 0 Å². The smallest absolute Gasteiger partial charge is 0.238 e. The van der Waals surface area contributed by atoms with Gasteiger partial charge >= 0.3 is 0 Å². The Morgan fingerprint density at radius 2 is 1.69 bits per heavy atom. The summed E-state index contributed by atoms with van der Waals surface area (Å²) in [5.41, 5.74) is 2.76. The van der Waals surface area contributed by atoms with E-state index < -0.39 is 15.8 Å². The number of benzene rings is 2. The molecule has 0 aliphatic carbocycles. The summed E-state index contributed by atoms with van der Waals surface area (Å²) in [5, 5.41) is 8.24. The van der Waals surface area contributed by atoms with E-state index in [-0.39, 0.29) is 5.75 Å². The van der Waals surface area contributed by atoms with E-state index >= 15 is 0 Å². The molecule has 8 nitrogen and oxygen atoms in total. The quantitative estimate of drug-likeness (QED) is 0.451. The van der Waals surface area contributed by atoms with Gasteiger partial charge in [-0.2, -0.15) is 0 Å². The molecule has 0 amide bonds. The molecule has 0 aliphatic rings. The van der Waals surface area contributed by atoms with Gasteiger partial charge in [0, 0.05) is 17.4 Å². The summed E-state index contributed by atoms with van der Waals surface area (Å²) in [6.07, 6.45) is 1.69. The Morgan fingerprint density at radius 1 is 0.969 bits per heavy atom. The fourth-order valence-corrected chi connectivity index (χ4v) is 4.15. The summed E-state index contributed by atoms with van der Waals surface area (Å²) < 4.78 is 47.7. The van der Waals surface area contributed by atoms with Crippen molar-refractivity contribution in [2.75, 3.05) is 4.72 Å². The number of imidazole rings is 1. The summed E-state index contributed by atoms with van der Waals surface area (Å²) >= 11 is 0. The van der Waals surface area contributed by atoms with E-state index in [0.717, 1.165) is 11.4 Å². The minimum absolute atomic E-state index is 0.261. The largest absolute Gasteiger partial charge is 0.438 e. The van der Waals surface area contributed by atoms with Crippen molar-refractivity contribution in [3.63, 3.8) is 0 Å². The third-order valence-corrected chi connectivity index (χ3v) is 6.00. The first-order valence-electron chi connectivity index (χ1n) is 9.66. The Morgan fingerprint density at radius 3 is 2.28 bits per heavy atom. The van der Waals surface area contributed by atoms with Crippen LogP contribution in [0.2, 0.25) is 0 Å². The van der Waals surface area contributed by atoms with Crippen LogP contribution in [0.25, 0.3) is 5.82 Å². The summed E-state index contributed by atoms with van der Waals surface area (Å²) in [5.74, 6) is 0.724. The second-order valence-electron chi connectivity index (χ2n) is 7.13. The molecule has 2 aromatic heterocycles. The van der Waals surface area contributed by atoms with Gasteiger partial charge in [-0.25, -0.2) is 17.8 Å². The van der Waals surface area contributed by atoms with Crippen LogP contribution in [0.5, 0.6) is 11.6 Å². The minimum Gasteiger partial charge on any atom is -0.438 e. The highest BCUT2D eigenvalue weighted by Gasteiger charge is 2.12. The maximum Gasteiger partial charge on any atom is 0.238 e. The molecule has 4 rings (SSSR count). The molecular weight excluding hydrogens is 433 g/mol. The number of hydrogen-bond donors (Lipinski definition) is 1. The molecule has 32 heavy (non-hydrogen) atoms. The highest BCUT2D eigenvalue weighted by molar-refractivity contribution is 7.91.